The van der Waals surface area contributed by atoms with Crippen molar-refractivity contribution in [2.75, 3.05) is 13.1 Å². The Morgan fingerprint density at radius 3 is 1.84 bits per heavy atom. The third-order valence-corrected chi connectivity index (χ3v) is 7.32. The second kappa shape index (κ2) is 7.93. The van der Waals surface area contributed by atoms with E-state index in [1.807, 2.05) is 0 Å². The van der Waals surface area contributed by atoms with Crippen molar-refractivity contribution in [3.63, 3.8) is 0 Å². The minimum Gasteiger partial charge on any atom is -0.296 e. The van der Waals surface area contributed by atoms with Gasteiger partial charge in [0, 0.05) is 19.6 Å². The summed E-state index contributed by atoms with van der Waals surface area (Å²) in [4.78, 5) is 2.60. The van der Waals surface area contributed by atoms with E-state index in [1.54, 1.807) is 0 Å². The van der Waals surface area contributed by atoms with Gasteiger partial charge >= 0.3 is 0 Å². The molecule has 2 nitrogen and oxygen atoms in total. The molecule has 1 aliphatic heterocycles. The second-order valence-corrected chi connectivity index (χ2v) is 8.59. The summed E-state index contributed by atoms with van der Waals surface area (Å²) in [5, 5.41) is 6.64. The molecule has 1 atom stereocenters. The molecule has 0 aromatic heterocycles. The van der Waals surface area contributed by atoms with Crippen LogP contribution in [0.4, 0.5) is 0 Å². The van der Waals surface area contributed by atoms with E-state index in [1.165, 1.54) is 16.2 Å². The Labute approximate surface area is 151 Å². The van der Waals surface area contributed by atoms with E-state index in [0.29, 0.717) is 5.91 Å². The van der Waals surface area contributed by atoms with Gasteiger partial charge in [-0.15, -0.1) is 0 Å². The minimum atomic E-state index is -0.473. The van der Waals surface area contributed by atoms with Crippen LogP contribution < -0.4 is 15.9 Å². The second-order valence-electron chi connectivity index (χ2n) is 6.32. The lowest BCUT2D eigenvalue weighted by Crippen LogP contribution is -2.39. The summed E-state index contributed by atoms with van der Waals surface area (Å²) in [6, 6.07) is 32.7. The number of rotatable bonds is 5. The highest BCUT2D eigenvalue weighted by molar-refractivity contribution is 7.73. The molecule has 4 rings (SSSR count). The lowest BCUT2D eigenvalue weighted by molar-refractivity contribution is 0.300. The fraction of sp³-hybridized carbons (Fsp3) is 0.182. The molecule has 0 radical (unpaired) electrons. The molecular formula is C22H23N2P. The van der Waals surface area contributed by atoms with Crippen LogP contribution in [-0.4, -0.2) is 23.9 Å². The van der Waals surface area contributed by atoms with Gasteiger partial charge in [0.2, 0.25) is 0 Å². The monoisotopic (exact) mass is 346 g/mol. The van der Waals surface area contributed by atoms with Crippen molar-refractivity contribution in [2.45, 2.75) is 12.5 Å². The molecule has 3 heteroatoms. The Bertz CT molecular complexity index is 737. The van der Waals surface area contributed by atoms with E-state index in [9.17, 15) is 0 Å². The smallest absolute Gasteiger partial charge is 0.0887 e. The molecule has 126 valence electrons. The number of nitrogens with zero attached hydrogens (tertiary/aromatic N) is 1. The summed E-state index contributed by atoms with van der Waals surface area (Å²) < 4.78 is 0. The van der Waals surface area contributed by atoms with Crippen molar-refractivity contribution in [3.05, 3.63) is 96.6 Å². The van der Waals surface area contributed by atoms with Gasteiger partial charge in [0.15, 0.2) is 0 Å². The van der Waals surface area contributed by atoms with E-state index < -0.39 is 7.92 Å². The van der Waals surface area contributed by atoms with Gasteiger partial charge in [-0.25, -0.2) is 0 Å². The van der Waals surface area contributed by atoms with Crippen LogP contribution in [-0.2, 0) is 6.54 Å². The lowest BCUT2D eigenvalue weighted by atomic mass is 10.2. The van der Waals surface area contributed by atoms with Gasteiger partial charge < -0.3 is 0 Å². The van der Waals surface area contributed by atoms with E-state index in [2.05, 4.69) is 101 Å². The highest BCUT2D eigenvalue weighted by Gasteiger charge is 2.33. The standard InChI is InChI=1S/C22H23N2P/c1-4-10-19(11-5-1)18-24-17-16-23-22(24)25(20-12-6-2-7-13-20)21-14-8-3-9-15-21/h1-15,22-23H,16-18H2/t22-/m1/s1. The first kappa shape index (κ1) is 16.5. The molecule has 1 fully saturated rings. The summed E-state index contributed by atoms with van der Waals surface area (Å²) >= 11 is 0. The SMILES string of the molecule is c1ccc(CN2CCN[C@H]2P(c2ccccc2)c2ccccc2)cc1. The molecule has 0 aliphatic carbocycles. The molecule has 0 saturated carbocycles. The molecule has 1 aliphatic rings. The van der Waals surface area contributed by atoms with E-state index in [4.69, 9.17) is 0 Å². The van der Waals surface area contributed by atoms with Crippen LogP contribution >= 0.6 is 7.92 Å². The molecule has 1 heterocycles. The van der Waals surface area contributed by atoms with Crippen molar-refractivity contribution in [1.29, 1.82) is 0 Å². The summed E-state index contributed by atoms with van der Waals surface area (Å²) in [6.07, 6.45) is 0. The van der Waals surface area contributed by atoms with Crippen LogP contribution in [0.2, 0.25) is 0 Å². The fourth-order valence-electron chi connectivity index (χ4n) is 3.44. The molecule has 1 saturated heterocycles. The van der Waals surface area contributed by atoms with Gasteiger partial charge in [0.25, 0.3) is 0 Å². The van der Waals surface area contributed by atoms with E-state index in [0.717, 1.165) is 19.6 Å². The Morgan fingerprint density at radius 2 is 1.28 bits per heavy atom. The van der Waals surface area contributed by atoms with Gasteiger partial charge in [-0.3, -0.25) is 10.2 Å². The van der Waals surface area contributed by atoms with Crippen LogP contribution in [0.3, 0.4) is 0 Å². The van der Waals surface area contributed by atoms with Crippen molar-refractivity contribution in [1.82, 2.24) is 10.2 Å². The van der Waals surface area contributed by atoms with Crippen LogP contribution in [0, 0.1) is 0 Å². The highest BCUT2D eigenvalue weighted by Crippen LogP contribution is 2.41. The zero-order valence-electron chi connectivity index (χ0n) is 14.3. The van der Waals surface area contributed by atoms with E-state index in [-0.39, 0.29) is 0 Å². The van der Waals surface area contributed by atoms with Crippen molar-refractivity contribution >= 4 is 18.5 Å². The summed E-state index contributed by atoms with van der Waals surface area (Å²) in [5.74, 6) is 0.375. The third-order valence-electron chi connectivity index (χ3n) is 4.61. The Kier molecular flexibility index (Phi) is 5.22. The molecule has 0 spiro atoms. The fourth-order valence-corrected chi connectivity index (χ4v) is 6.12. The Balaban J connectivity index is 1.66. The Hall–Kier alpha value is -1.99. The number of hydrogen-bond acceptors (Lipinski definition) is 2. The maximum absolute atomic E-state index is 3.78. The maximum atomic E-state index is 3.78. The van der Waals surface area contributed by atoms with Crippen molar-refractivity contribution in [2.24, 2.45) is 0 Å². The normalized spacial score (nSPS) is 17.9. The molecule has 3 aromatic rings. The third kappa shape index (κ3) is 3.82. The average molecular weight is 346 g/mol. The molecule has 3 aromatic carbocycles. The van der Waals surface area contributed by atoms with Gasteiger partial charge in [-0.2, -0.15) is 0 Å². The molecule has 0 amide bonds. The highest BCUT2D eigenvalue weighted by atomic mass is 31.1. The van der Waals surface area contributed by atoms with Gasteiger partial charge in [-0.1, -0.05) is 91.0 Å². The predicted molar refractivity (Wildman–Crippen MR) is 108 cm³/mol. The number of hydrogen-bond donors (Lipinski definition) is 1. The van der Waals surface area contributed by atoms with Crippen molar-refractivity contribution < 1.29 is 0 Å². The minimum absolute atomic E-state index is 0.375. The average Bonchev–Trinajstić information content (AvgIpc) is 3.12. The predicted octanol–water partition coefficient (Wildman–Crippen LogP) is 3.51. The van der Waals surface area contributed by atoms with Gasteiger partial charge in [0.05, 0.1) is 5.91 Å². The molecule has 1 N–H and O–H groups in total. The first-order chi connectivity index (χ1) is 12.4. The number of nitrogens with one attached hydrogen (secondary N) is 1. The van der Waals surface area contributed by atoms with Crippen LogP contribution in [0.1, 0.15) is 5.56 Å². The molecule has 25 heavy (non-hydrogen) atoms. The van der Waals surface area contributed by atoms with Gasteiger partial charge in [-0.05, 0) is 24.1 Å². The largest absolute Gasteiger partial charge is 0.296 e. The topological polar surface area (TPSA) is 15.3 Å². The Morgan fingerprint density at radius 1 is 0.760 bits per heavy atom. The quantitative estimate of drug-likeness (QED) is 0.711. The van der Waals surface area contributed by atoms with Gasteiger partial charge in [0.1, 0.15) is 0 Å². The van der Waals surface area contributed by atoms with Crippen LogP contribution in [0.15, 0.2) is 91.0 Å². The summed E-state index contributed by atoms with van der Waals surface area (Å²) in [6.45, 7) is 3.14. The zero-order chi connectivity index (χ0) is 16.9. The molecule has 0 unspecified atom stereocenters. The lowest BCUT2D eigenvalue weighted by Gasteiger charge is -2.32. The molecule has 0 bridgehead atoms. The van der Waals surface area contributed by atoms with E-state index >= 15 is 0 Å². The van der Waals surface area contributed by atoms with Crippen LogP contribution in [0.5, 0.6) is 0 Å². The first-order valence-electron chi connectivity index (χ1n) is 8.82. The first-order valence-corrected chi connectivity index (χ1v) is 10.2. The van der Waals surface area contributed by atoms with Crippen LogP contribution in [0.25, 0.3) is 0 Å². The number of benzene rings is 3. The summed E-state index contributed by atoms with van der Waals surface area (Å²) in [5.41, 5.74) is 1.38. The summed E-state index contributed by atoms with van der Waals surface area (Å²) in [7, 11) is -0.473. The maximum Gasteiger partial charge on any atom is 0.0887 e. The van der Waals surface area contributed by atoms with Crippen molar-refractivity contribution in [3.8, 4) is 0 Å². The molecular weight excluding hydrogens is 323 g/mol. The zero-order valence-corrected chi connectivity index (χ0v) is 15.1.